The van der Waals surface area contributed by atoms with Crippen LogP contribution in [0.4, 0.5) is 5.69 Å². The summed E-state index contributed by atoms with van der Waals surface area (Å²) in [5.41, 5.74) is 0.544. The van der Waals surface area contributed by atoms with Crippen molar-refractivity contribution in [2.24, 2.45) is 0 Å². The first-order chi connectivity index (χ1) is 20.5. The summed E-state index contributed by atoms with van der Waals surface area (Å²) in [6, 6.07) is 21.8. The first-order valence-electron chi connectivity index (χ1n) is 13.3. The molecule has 11 heteroatoms. The van der Waals surface area contributed by atoms with Crippen LogP contribution in [-0.2, 0) is 32.1 Å². The van der Waals surface area contributed by atoms with Gasteiger partial charge in [0.2, 0.25) is 29.8 Å². The molecule has 4 rings (SSSR count). The van der Waals surface area contributed by atoms with Crippen LogP contribution in [-0.4, -0.2) is 51.1 Å². The highest BCUT2D eigenvalue weighted by Gasteiger charge is 2.27. The summed E-state index contributed by atoms with van der Waals surface area (Å²) in [5, 5.41) is 4.93. The lowest BCUT2D eigenvalue weighted by Gasteiger charge is -2.19. The lowest BCUT2D eigenvalue weighted by atomic mass is 9.98. The summed E-state index contributed by atoms with van der Waals surface area (Å²) in [6.45, 7) is -0.315. The molecule has 2 aromatic carbocycles. The molecule has 4 aromatic rings. The van der Waals surface area contributed by atoms with Crippen molar-refractivity contribution in [3.63, 3.8) is 0 Å². The first kappa shape index (κ1) is 29.5. The molecular formula is C31H29N5O6. The second-order valence-electron chi connectivity index (χ2n) is 9.23. The summed E-state index contributed by atoms with van der Waals surface area (Å²) in [5.74, 6) is -1.48. The van der Waals surface area contributed by atoms with Crippen molar-refractivity contribution in [2.75, 3.05) is 11.9 Å². The summed E-state index contributed by atoms with van der Waals surface area (Å²) < 4.78 is 6.61. The third kappa shape index (κ3) is 8.04. The van der Waals surface area contributed by atoms with Crippen molar-refractivity contribution < 1.29 is 23.9 Å². The van der Waals surface area contributed by atoms with Crippen LogP contribution < -0.4 is 20.9 Å². The predicted molar refractivity (Wildman–Crippen MR) is 155 cm³/mol. The molecule has 0 fully saturated rings. The number of ether oxygens (including phenoxy) is 1. The number of amides is 2. The fourth-order valence-corrected chi connectivity index (χ4v) is 4.22. The highest BCUT2D eigenvalue weighted by Crippen LogP contribution is 2.16. The van der Waals surface area contributed by atoms with Gasteiger partial charge in [-0.1, -0.05) is 66.7 Å². The Morgan fingerprint density at radius 2 is 1.64 bits per heavy atom. The minimum atomic E-state index is -1.16. The van der Waals surface area contributed by atoms with Gasteiger partial charge in [-0.3, -0.25) is 28.5 Å². The van der Waals surface area contributed by atoms with Crippen LogP contribution in [0.1, 0.15) is 18.4 Å². The molecule has 11 nitrogen and oxygen atoms in total. The number of benzene rings is 2. The first-order valence-corrected chi connectivity index (χ1v) is 13.3. The average Bonchev–Trinajstić information content (AvgIpc) is 3.02. The van der Waals surface area contributed by atoms with E-state index in [0.29, 0.717) is 17.9 Å². The number of hydrogen-bond acceptors (Lipinski definition) is 8. The minimum absolute atomic E-state index is 0.0756. The minimum Gasteiger partial charge on any atom is -0.478 e. The third-order valence-electron chi connectivity index (χ3n) is 6.24. The molecule has 1 unspecified atom stereocenters. The Balaban J connectivity index is 1.50. The second-order valence-corrected chi connectivity index (χ2v) is 9.23. The van der Waals surface area contributed by atoms with E-state index in [1.54, 1.807) is 79.0 Å². The van der Waals surface area contributed by atoms with Crippen LogP contribution in [0.15, 0.2) is 96.1 Å². The number of ketones is 2. The Morgan fingerprint density at radius 3 is 2.33 bits per heavy atom. The topological polar surface area (TPSA) is 149 Å². The van der Waals surface area contributed by atoms with E-state index < -0.39 is 35.6 Å². The number of carbonyl (C=O) groups excluding carboxylic acids is 4. The predicted octanol–water partition coefficient (Wildman–Crippen LogP) is 2.60. The lowest BCUT2D eigenvalue weighted by molar-refractivity contribution is -0.139. The standard InChI is InChI=1S/C31H29N5O6/c37-21-34-25-19-33-30(23-12-5-2-6-13-23)36(31(25)41)20-27(39)35-24(18-22-10-3-1-4-11-22)29(40)26(38)14-9-17-42-28-15-7-8-16-32-28/h1-8,10-13,15-16,19,21,24H,9,14,17-18,20H2,(H,34,37)(H,35,39). The van der Waals surface area contributed by atoms with Crippen molar-refractivity contribution in [3.05, 3.63) is 107 Å². The van der Waals surface area contributed by atoms with Gasteiger partial charge in [-0.15, -0.1) is 0 Å². The van der Waals surface area contributed by atoms with Crippen LogP contribution in [0.25, 0.3) is 11.4 Å². The zero-order valence-corrected chi connectivity index (χ0v) is 22.6. The summed E-state index contributed by atoms with van der Waals surface area (Å²) in [4.78, 5) is 71.8. The SMILES string of the molecule is O=CNc1cnc(-c2ccccc2)n(CC(=O)NC(Cc2ccccc2)C(=O)C(=O)CCCOc2ccccn2)c1=O. The molecule has 2 heterocycles. The number of carbonyl (C=O) groups is 4. The summed E-state index contributed by atoms with van der Waals surface area (Å²) in [7, 11) is 0. The molecule has 1 atom stereocenters. The maximum atomic E-state index is 13.3. The summed E-state index contributed by atoms with van der Waals surface area (Å²) in [6.07, 6.45) is 3.42. The van der Waals surface area contributed by atoms with E-state index in [0.717, 1.165) is 10.1 Å². The van der Waals surface area contributed by atoms with Crippen molar-refractivity contribution in [1.82, 2.24) is 19.9 Å². The van der Waals surface area contributed by atoms with Gasteiger partial charge in [-0.05, 0) is 18.1 Å². The van der Waals surface area contributed by atoms with Gasteiger partial charge < -0.3 is 15.4 Å². The van der Waals surface area contributed by atoms with Gasteiger partial charge in [-0.25, -0.2) is 9.97 Å². The van der Waals surface area contributed by atoms with E-state index in [-0.39, 0.29) is 37.4 Å². The quantitative estimate of drug-likeness (QED) is 0.126. The Bertz CT molecular complexity index is 1580. The third-order valence-corrected chi connectivity index (χ3v) is 6.24. The van der Waals surface area contributed by atoms with Crippen LogP contribution in [0, 0.1) is 0 Å². The normalized spacial score (nSPS) is 11.2. The molecule has 0 aliphatic heterocycles. The molecule has 42 heavy (non-hydrogen) atoms. The number of anilines is 1. The van der Waals surface area contributed by atoms with Gasteiger partial charge in [0, 0.05) is 30.7 Å². The molecule has 214 valence electrons. The molecule has 2 aromatic heterocycles. The Hall–Kier alpha value is -5.45. The second kappa shape index (κ2) is 14.8. The summed E-state index contributed by atoms with van der Waals surface area (Å²) >= 11 is 0. The number of Topliss-reactive ketones (excluding diaryl/α,β-unsaturated/α-hetero) is 2. The van der Waals surface area contributed by atoms with Crippen LogP contribution in [0.2, 0.25) is 0 Å². The number of hydrogen-bond donors (Lipinski definition) is 2. The molecule has 0 bridgehead atoms. The fourth-order valence-electron chi connectivity index (χ4n) is 4.22. The maximum absolute atomic E-state index is 13.3. The van der Waals surface area contributed by atoms with Crippen molar-refractivity contribution in [3.8, 4) is 17.3 Å². The van der Waals surface area contributed by atoms with Gasteiger partial charge in [0.25, 0.3) is 5.56 Å². The Morgan fingerprint density at radius 1 is 0.929 bits per heavy atom. The van der Waals surface area contributed by atoms with E-state index in [4.69, 9.17) is 4.74 Å². The zero-order chi connectivity index (χ0) is 29.7. The van der Waals surface area contributed by atoms with Gasteiger partial charge in [-0.2, -0.15) is 0 Å². The van der Waals surface area contributed by atoms with E-state index in [1.165, 1.54) is 6.20 Å². The highest BCUT2D eigenvalue weighted by atomic mass is 16.5. The molecule has 0 radical (unpaired) electrons. The van der Waals surface area contributed by atoms with Gasteiger partial charge >= 0.3 is 0 Å². The van der Waals surface area contributed by atoms with Crippen molar-refractivity contribution in [1.29, 1.82) is 0 Å². The lowest BCUT2D eigenvalue weighted by Crippen LogP contribution is -2.47. The van der Waals surface area contributed by atoms with Crippen LogP contribution in [0.5, 0.6) is 5.88 Å². The smallest absolute Gasteiger partial charge is 0.278 e. The molecule has 0 saturated carbocycles. The number of pyridine rings is 1. The molecule has 0 aliphatic carbocycles. The molecule has 0 spiro atoms. The molecule has 2 N–H and O–H groups in total. The molecule has 0 saturated heterocycles. The van der Waals surface area contributed by atoms with E-state index in [9.17, 15) is 24.0 Å². The number of nitrogens with zero attached hydrogens (tertiary/aromatic N) is 3. The van der Waals surface area contributed by atoms with E-state index in [1.807, 2.05) is 6.07 Å². The molecule has 2 amide bonds. The number of rotatable bonds is 15. The Labute approximate surface area is 241 Å². The van der Waals surface area contributed by atoms with Gasteiger partial charge in [0.05, 0.1) is 18.8 Å². The molecular weight excluding hydrogens is 538 g/mol. The van der Waals surface area contributed by atoms with Gasteiger partial charge in [0.1, 0.15) is 18.1 Å². The van der Waals surface area contributed by atoms with Crippen LogP contribution in [0.3, 0.4) is 0 Å². The largest absolute Gasteiger partial charge is 0.478 e. The van der Waals surface area contributed by atoms with E-state index >= 15 is 0 Å². The monoisotopic (exact) mass is 567 g/mol. The average molecular weight is 568 g/mol. The van der Waals surface area contributed by atoms with Crippen molar-refractivity contribution >= 4 is 29.6 Å². The van der Waals surface area contributed by atoms with Gasteiger partial charge in [0.15, 0.2) is 0 Å². The Kier molecular flexibility index (Phi) is 10.4. The van der Waals surface area contributed by atoms with Crippen LogP contribution >= 0.6 is 0 Å². The number of aromatic nitrogens is 3. The van der Waals surface area contributed by atoms with Crippen molar-refractivity contribution in [2.45, 2.75) is 31.8 Å². The fraction of sp³-hybridized carbons (Fsp3) is 0.194. The molecule has 0 aliphatic rings. The number of nitrogens with one attached hydrogen (secondary N) is 2. The highest BCUT2D eigenvalue weighted by molar-refractivity contribution is 6.39. The zero-order valence-electron chi connectivity index (χ0n) is 22.6. The van der Waals surface area contributed by atoms with E-state index in [2.05, 4.69) is 20.6 Å². The maximum Gasteiger partial charge on any atom is 0.278 e.